The van der Waals surface area contributed by atoms with Crippen LogP contribution >= 0.6 is 11.6 Å². The SMILES string of the molecule is CCNC(=O)[C@@H](C)OC(=O)c1cc(Cl)ccc1[N+](=O)[O-]. The molecule has 0 unspecified atom stereocenters. The molecular weight excluding hydrogens is 288 g/mol. The van der Waals surface area contributed by atoms with E-state index >= 15 is 0 Å². The van der Waals surface area contributed by atoms with E-state index in [1.165, 1.54) is 13.0 Å². The van der Waals surface area contributed by atoms with Crippen molar-refractivity contribution in [2.24, 2.45) is 0 Å². The number of amides is 1. The van der Waals surface area contributed by atoms with E-state index in [4.69, 9.17) is 16.3 Å². The van der Waals surface area contributed by atoms with Crippen LogP contribution in [0.5, 0.6) is 0 Å². The van der Waals surface area contributed by atoms with Gasteiger partial charge in [0.05, 0.1) is 4.92 Å². The number of halogens is 1. The topological polar surface area (TPSA) is 98.5 Å². The van der Waals surface area contributed by atoms with Gasteiger partial charge in [-0.25, -0.2) is 4.79 Å². The lowest BCUT2D eigenvalue weighted by molar-refractivity contribution is -0.385. The van der Waals surface area contributed by atoms with Crippen molar-refractivity contribution in [3.63, 3.8) is 0 Å². The van der Waals surface area contributed by atoms with Crippen LogP contribution in [0.3, 0.4) is 0 Å². The molecule has 1 amide bonds. The van der Waals surface area contributed by atoms with Gasteiger partial charge in [0.2, 0.25) is 0 Å². The van der Waals surface area contributed by atoms with Gasteiger partial charge in [-0.05, 0) is 26.0 Å². The van der Waals surface area contributed by atoms with Gasteiger partial charge in [0.25, 0.3) is 11.6 Å². The maximum Gasteiger partial charge on any atom is 0.345 e. The van der Waals surface area contributed by atoms with Crippen molar-refractivity contribution in [3.8, 4) is 0 Å². The number of hydrogen-bond acceptors (Lipinski definition) is 5. The monoisotopic (exact) mass is 300 g/mol. The highest BCUT2D eigenvalue weighted by molar-refractivity contribution is 6.31. The standard InChI is InChI=1S/C12H13ClN2O5/c1-3-14-11(16)7(2)20-12(17)9-6-8(13)4-5-10(9)15(18)19/h4-7H,3H2,1-2H3,(H,14,16)/t7-/m1/s1. The Labute approximate surface area is 120 Å². The van der Waals surface area contributed by atoms with E-state index in [0.29, 0.717) is 6.54 Å². The first kappa shape index (κ1) is 15.9. The van der Waals surface area contributed by atoms with Crippen LogP contribution in [0.4, 0.5) is 5.69 Å². The van der Waals surface area contributed by atoms with Crippen molar-refractivity contribution in [3.05, 3.63) is 38.9 Å². The molecule has 0 fully saturated rings. The van der Waals surface area contributed by atoms with Gasteiger partial charge in [-0.2, -0.15) is 0 Å². The second-order valence-electron chi connectivity index (χ2n) is 3.86. The fraction of sp³-hybridized carbons (Fsp3) is 0.333. The molecule has 0 saturated heterocycles. The predicted molar refractivity (Wildman–Crippen MR) is 71.7 cm³/mol. The molecule has 0 spiro atoms. The van der Waals surface area contributed by atoms with Crippen molar-refractivity contribution in [2.75, 3.05) is 6.54 Å². The van der Waals surface area contributed by atoms with E-state index in [1.807, 2.05) is 0 Å². The predicted octanol–water partition coefficient (Wildman–Crippen LogP) is 1.93. The van der Waals surface area contributed by atoms with Crippen molar-refractivity contribution in [1.82, 2.24) is 5.32 Å². The number of nitro benzene ring substituents is 1. The van der Waals surface area contributed by atoms with Gasteiger partial charge in [-0.3, -0.25) is 14.9 Å². The molecule has 1 N–H and O–H groups in total. The number of ether oxygens (including phenoxy) is 1. The number of nitrogens with one attached hydrogen (secondary N) is 1. The Hall–Kier alpha value is -2.15. The Morgan fingerprint density at radius 3 is 2.70 bits per heavy atom. The Kier molecular flexibility index (Phi) is 5.45. The zero-order valence-electron chi connectivity index (χ0n) is 10.9. The maximum absolute atomic E-state index is 11.9. The number of nitro groups is 1. The van der Waals surface area contributed by atoms with Gasteiger partial charge >= 0.3 is 5.97 Å². The first-order valence-electron chi connectivity index (χ1n) is 5.79. The summed E-state index contributed by atoms with van der Waals surface area (Å²) in [6.45, 7) is 3.48. The summed E-state index contributed by atoms with van der Waals surface area (Å²) >= 11 is 5.70. The van der Waals surface area contributed by atoms with Crippen LogP contribution in [0.25, 0.3) is 0 Å². The Morgan fingerprint density at radius 1 is 1.50 bits per heavy atom. The lowest BCUT2D eigenvalue weighted by Crippen LogP contribution is -2.35. The highest BCUT2D eigenvalue weighted by Gasteiger charge is 2.25. The van der Waals surface area contributed by atoms with Crippen LogP contribution in [0.15, 0.2) is 18.2 Å². The number of hydrogen-bond donors (Lipinski definition) is 1. The average molecular weight is 301 g/mol. The van der Waals surface area contributed by atoms with Crippen LogP contribution < -0.4 is 5.32 Å². The molecule has 0 bridgehead atoms. The average Bonchev–Trinajstić information content (AvgIpc) is 2.38. The first-order chi connectivity index (χ1) is 9.36. The Balaban J connectivity index is 2.95. The summed E-state index contributed by atoms with van der Waals surface area (Å²) in [5.41, 5.74) is -0.721. The van der Waals surface area contributed by atoms with Crippen LogP contribution in [0, 0.1) is 10.1 Å². The maximum atomic E-state index is 11.9. The van der Waals surface area contributed by atoms with Crippen molar-refractivity contribution in [2.45, 2.75) is 20.0 Å². The van der Waals surface area contributed by atoms with Crippen LogP contribution in [0.2, 0.25) is 5.02 Å². The minimum atomic E-state index is -1.05. The summed E-state index contributed by atoms with van der Waals surface area (Å²) < 4.78 is 4.88. The minimum absolute atomic E-state index is 0.160. The Morgan fingerprint density at radius 2 is 2.15 bits per heavy atom. The van der Waals surface area contributed by atoms with Gasteiger partial charge in [0.1, 0.15) is 5.56 Å². The number of rotatable bonds is 5. The molecular formula is C12H13ClN2O5. The summed E-state index contributed by atoms with van der Waals surface area (Å²) in [6.07, 6.45) is -1.05. The highest BCUT2D eigenvalue weighted by Crippen LogP contribution is 2.23. The van der Waals surface area contributed by atoms with Crippen molar-refractivity contribution in [1.29, 1.82) is 0 Å². The van der Waals surface area contributed by atoms with E-state index < -0.39 is 28.6 Å². The molecule has 7 nitrogen and oxygen atoms in total. The smallest absolute Gasteiger partial charge is 0.345 e. The fourth-order valence-electron chi connectivity index (χ4n) is 1.43. The summed E-state index contributed by atoms with van der Waals surface area (Å²) in [4.78, 5) is 33.4. The van der Waals surface area contributed by atoms with Crippen LogP contribution in [-0.2, 0) is 9.53 Å². The van der Waals surface area contributed by atoms with Crippen LogP contribution in [0.1, 0.15) is 24.2 Å². The van der Waals surface area contributed by atoms with Crippen LogP contribution in [-0.4, -0.2) is 29.4 Å². The normalized spacial score (nSPS) is 11.6. The summed E-state index contributed by atoms with van der Waals surface area (Å²) in [7, 11) is 0. The molecule has 0 radical (unpaired) electrons. The van der Waals surface area contributed by atoms with E-state index in [9.17, 15) is 19.7 Å². The van der Waals surface area contributed by atoms with Crippen molar-refractivity contribution >= 4 is 29.2 Å². The second-order valence-corrected chi connectivity index (χ2v) is 4.30. The second kappa shape index (κ2) is 6.85. The molecule has 1 rings (SSSR count). The third-order valence-corrected chi connectivity index (χ3v) is 2.61. The lowest BCUT2D eigenvalue weighted by Gasteiger charge is -2.12. The molecule has 1 aromatic rings. The highest BCUT2D eigenvalue weighted by atomic mass is 35.5. The zero-order valence-corrected chi connectivity index (χ0v) is 11.6. The molecule has 1 atom stereocenters. The quantitative estimate of drug-likeness (QED) is 0.509. The Bertz CT molecular complexity index is 547. The third-order valence-electron chi connectivity index (χ3n) is 2.38. The van der Waals surface area contributed by atoms with Gasteiger partial charge in [0, 0.05) is 17.6 Å². The number of nitrogens with zero attached hydrogens (tertiary/aromatic N) is 1. The number of esters is 1. The number of carbonyl (C=O) groups excluding carboxylic acids is 2. The third kappa shape index (κ3) is 3.92. The largest absolute Gasteiger partial charge is 0.449 e. The molecule has 8 heteroatoms. The molecule has 108 valence electrons. The molecule has 0 aliphatic carbocycles. The molecule has 20 heavy (non-hydrogen) atoms. The first-order valence-corrected chi connectivity index (χ1v) is 6.17. The van der Waals surface area contributed by atoms with Crippen molar-refractivity contribution < 1.29 is 19.2 Å². The number of benzene rings is 1. The van der Waals surface area contributed by atoms with Gasteiger partial charge in [-0.1, -0.05) is 11.6 Å². The molecule has 0 aromatic heterocycles. The zero-order chi connectivity index (χ0) is 15.3. The fourth-order valence-corrected chi connectivity index (χ4v) is 1.60. The summed E-state index contributed by atoms with van der Waals surface area (Å²) in [6, 6.07) is 3.53. The number of carbonyl (C=O) groups is 2. The molecule has 1 aromatic carbocycles. The van der Waals surface area contributed by atoms with Gasteiger partial charge < -0.3 is 10.1 Å². The van der Waals surface area contributed by atoms with E-state index in [-0.39, 0.29) is 10.6 Å². The molecule has 0 aliphatic heterocycles. The lowest BCUT2D eigenvalue weighted by atomic mass is 10.2. The van der Waals surface area contributed by atoms with E-state index in [0.717, 1.165) is 12.1 Å². The van der Waals surface area contributed by atoms with Gasteiger partial charge in [0.15, 0.2) is 6.10 Å². The van der Waals surface area contributed by atoms with Gasteiger partial charge in [-0.15, -0.1) is 0 Å². The van der Waals surface area contributed by atoms with E-state index in [1.54, 1.807) is 6.92 Å². The molecule has 0 aliphatic rings. The minimum Gasteiger partial charge on any atom is -0.449 e. The van der Waals surface area contributed by atoms with E-state index in [2.05, 4.69) is 5.32 Å². The molecule has 0 heterocycles. The summed E-state index contributed by atoms with van der Waals surface area (Å²) in [5, 5.41) is 13.5. The summed E-state index contributed by atoms with van der Waals surface area (Å²) in [5.74, 6) is -1.46. The molecule has 0 saturated carbocycles. The number of likely N-dealkylation sites (N-methyl/N-ethyl adjacent to an activating group) is 1.